The van der Waals surface area contributed by atoms with Crippen molar-refractivity contribution in [3.8, 4) is 11.5 Å². The van der Waals surface area contributed by atoms with Gasteiger partial charge in [-0.25, -0.2) is 0 Å². The molecule has 0 spiro atoms. The first-order valence-electron chi connectivity index (χ1n) is 7.74. The van der Waals surface area contributed by atoms with E-state index in [0.717, 1.165) is 18.4 Å². The lowest BCUT2D eigenvalue weighted by molar-refractivity contribution is -0.134. The van der Waals surface area contributed by atoms with Crippen LogP contribution >= 0.6 is 0 Å². The summed E-state index contributed by atoms with van der Waals surface area (Å²) < 4.78 is 10.5. The van der Waals surface area contributed by atoms with E-state index in [1.807, 2.05) is 12.1 Å². The molecule has 0 radical (unpaired) electrons. The number of methoxy groups -OCH3 is 2. The van der Waals surface area contributed by atoms with Crippen molar-refractivity contribution in [1.82, 2.24) is 10.2 Å². The smallest absolute Gasteiger partial charge is 0.239 e. The fraction of sp³-hybridized carbons (Fsp3) is 0.529. The molecule has 6 heteroatoms. The first kappa shape index (κ1) is 18.8. The van der Waals surface area contributed by atoms with Gasteiger partial charge in [0.25, 0.3) is 0 Å². The van der Waals surface area contributed by atoms with Crippen LogP contribution in [0.25, 0.3) is 0 Å². The molecule has 2 amide bonds. The van der Waals surface area contributed by atoms with E-state index in [2.05, 4.69) is 12.2 Å². The summed E-state index contributed by atoms with van der Waals surface area (Å²) in [5.41, 5.74) is 0.874. The Hall–Kier alpha value is -2.24. The van der Waals surface area contributed by atoms with Gasteiger partial charge in [0.1, 0.15) is 0 Å². The van der Waals surface area contributed by atoms with Crippen molar-refractivity contribution in [3.63, 3.8) is 0 Å². The van der Waals surface area contributed by atoms with Crippen LogP contribution in [0.2, 0.25) is 0 Å². The Morgan fingerprint density at radius 2 is 1.87 bits per heavy atom. The molecule has 0 heterocycles. The van der Waals surface area contributed by atoms with E-state index in [-0.39, 0.29) is 18.4 Å². The minimum absolute atomic E-state index is 0.0490. The fourth-order valence-electron chi connectivity index (χ4n) is 2.11. The first-order chi connectivity index (χ1) is 11.0. The van der Waals surface area contributed by atoms with E-state index in [9.17, 15) is 9.59 Å². The molecule has 0 saturated heterocycles. The summed E-state index contributed by atoms with van der Waals surface area (Å²) in [6.45, 7) is 4.55. The quantitative estimate of drug-likeness (QED) is 0.706. The van der Waals surface area contributed by atoms with Crippen molar-refractivity contribution in [2.45, 2.75) is 33.2 Å². The number of nitrogens with one attached hydrogen (secondary N) is 1. The van der Waals surface area contributed by atoms with Crippen molar-refractivity contribution in [2.75, 3.05) is 27.3 Å². The van der Waals surface area contributed by atoms with Gasteiger partial charge in [-0.3, -0.25) is 9.59 Å². The summed E-state index contributed by atoms with van der Waals surface area (Å²) in [6.07, 6.45) is 1.95. The van der Waals surface area contributed by atoms with Gasteiger partial charge in [-0.2, -0.15) is 0 Å². The van der Waals surface area contributed by atoms with Crippen LogP contribution < -0.4 is 14.8 Å². The lowest BCUT2D eigenvalue weighted by Crippen LogP contribution is -2.39. The molecule has 128 valence electrons. The van der Waals surface area contributed by atoms with Crippen molar-refractivity contribution in [1.29, 1.82) is 0 Å². The van der Waals surface area contributed by atoms with Crippen LogP contribution in [-0.4, -0.2) is 44.0 Å². The molecule has 0 fully saturated rings. The molecule has 0 saturated carbocycles. The summed E-state index contributed by atoms with van der Waals surface area (Å²) in [5.74, 6) is 0.934. The summed E-state index contributed by atoms with van der Waals surface area (Å²) in [5, 5.41) is 2.82. The SMILES string of the molecule is CCCCNC(=O)CN(Cc1ccc(OC)c(OC)c1)C(C)=O. The Labute approximate surface area is 137 Å². The Kier molecular flexibility index (Phi) is 7.94. The van der Waals surface area contributed by atoms with Crippen molar-refractivity contribution in [3.05, 3.63) is 23.8 Å². The number of carbonyl (C=O) groups excluding carboxylic acids is 2. The monoisotopic (exact) mass is 322 g/mol. The molecule has 0 unspecified atom stereocenters. The molecule has 6 nitrogen and oxygen atoms in total. The molecule has 0 aliphatic rings. The molecule has 0 aliphatic heterocycles. The van der Waals surface area contributed by atoms with Gasteiger partial charge in [-0.1, -0.05) is 19.4 Å². The second-order valence-electron chi connectivity index (χ2n) is 5.27. The normalized spacial score (nSPS) is 10.1. The van der Waals surface area contributed by atoms with Crippen LogP contribution in [0.5, 0.6) is 11.5 Å². The summed E-state index contributed by atoms with van der Waals surface area (Å²) >= 11 is 0. The van der Waals surface area contributed by atoms with E-state index in [1.165, 1.54) is 11.8 Å². The molecule has 1 aromatic carbocycles. The van der Waals surface area contributed by atoms with Gasteiger partial charge in [-0.05, 0) is 24.1 Å². The minimum atomic E-state index is -0.148. The Balaban J connectivity index is 2.72. The van der Waals surface area contributed by atoms with Gasteiger partial charge < -0.3 is 19.7 Å². The predicted molar refractivity (Wildman–Crippen MR) is 88.6 cm³/mol. The van der Waals surface area contributed by atoms with Crippen LogP contribution in [0.3, 0.4) is 0 Å². The number of ether oxygens (including phenoxy) is 2. The van der Waals surface area contributed by atoms with Crippen molar-refractivity contribution < 1.29 is 19.1 Å². The number of benzene rings is 1. The highest BCUT2D eigenvalue weighted by Gasteiger charge is 2.15. The Bertz CT molecular complexity index is 531. The highest BCUT2D eigenvalue weighted by molar-refractivity contribution is 5.83. The fourth-order valence-corrected chi connectivity index (χ4v) is 2.11. The van der Waals surface area contributed by atoms with E-state index in [1.54, 1.807) is 20.3 Å². The van der Waals surface area contributed by atoms with Gasteiger partial charge in [0, 0.05) is 20.0 Å². The van der Waals surface area contributed by atoms with E-state index >= 15 is 0 Å². The maximum absolute atomic E-state index is 11.9. The van der Waals surface area contributed by atoms with E-state index < -0.39 is 0 Å². The highest BCUT2D eigenvalue weighted by Crippen LogP contribution is 2.28. The third-order valence-electron chi connectivity index (χ3n) is 3.45. The maximum atomic E-state index is 11.9. The van der Waals surface area contributed by atoms with Crippen molar-refractivity contribution in [2.24, 2.45) is 0 Å². The second-order valence-corrected chi connectivity index (χ2v) is 5.27. The molecular formula is C17H26N2O4. The number of rotatable bonds is 9. The average Bonchev–Trinajstić information content (AvgIpc) is 2.54. The topological polar surface area (TPSA) is 67.9 Å². The number of nitrogens with zero attached hydrogens (tertiary/aromatic N) is 1. The lowest BCUT2D eigenvalue weighted by atomic mass is 10.2. The van der Waals surface area contributed by atoms with Crippen LogP contribution in [0, 0.1) is 0 Å². The zero-order valence-corrected chi connectivity index (χ0v) is 14.3. The number of carbonyl (C=O) groups is 2. The highest BCUT2D eigenvalue weighted by atomic mass is 16.5. The van der Waals surface area contributed by atoms with Gasteiger partial charge in [0.2, 0.25) is 11.8 Å². The molecule has 0 atom stereocenters. The van der Waals surface area contributed by atoms with Gasteiger partial charge in [0.15, 0.2) is 11.5 Å². The number of amides is 2. The third-order valence-corrected chi connectivity index (χ3v) is 3.45. The first-order valence-corrected chi connectivity index (χ1v) is 7.74. The molecule has 0 bridgehead atoms. The van der Waals surface area contributed by atoms with Crippen LogP contribution in [0.4, 0.5) is 0 Å². The van der Waals surface area contributed by atoms with Gasteiger partial charge >= 0.3 is 0 Å². The zero-order valence-electron chi connectivity index (χ0n) is 14.3. The standard InChI is InChI=1S/C17H26N2O4/c1-5-6-9-18-17(21)12-19(13(2)20)11-14-7-8-15(22-3)16(10-14)23-4/h7-8,10H,5-6,9,11-12H2,1-4H3,(H,18,21). The summed E-state index contributed by atoms with van der Waals surface area (Å²) in [7, 11) is 3.13. The Morgan fingerprint density at radius 3 is 2.43 bits per heavy atom. The molecule has 0 aliphatic carbocycles. The van der Waals surface area contributed by atoms with Crippen LogP contribution in [0.15, 0.2) is 18.2 Å². The van der Waals surface area contributed by atoms with Crippen LogP contribution in [-0.2, 0) is 16.1 Å². The lowest BCUT2D eigenvalue weighted by Gasteiger charge is -2.21. The molecule has 1 N–H and O–H groups in total. The van der Waals surface area contributed by atoms with E-state index in [4.69, 9.17) is 9.47 Å². The number of hydrogen-bond acceptors (Lipinski definition) is 4. The molecule has 23 heavy (non-hydrogen) atoms. The molecule has 1 rings (SSSR count). The second kappa shape index (κ2) is 9.71. The van der Waals surface area contributed by atoms with Gasteiger partial charge in [0.05, 0.1) is 20.8 Å². The number of hydrogen-bond donors (Lipinski definition) is 1. The predicted octanol–water partition coefficient (Wildman–Crippen LogP) is 1.97. The Morgan fingerprint density at radius 1 is 1.17 bits per heavy atom. The largest absolute Gasteiger partial charge is 0.493 e. The van der Waals surface area contributed by atoms with Crippen LogP contribution in [0.1, 0.15) is 32.3 Å². The summed E-state index contributed by atoms with van der Waals surface area (Å²) in [6, 6.07) is 5.45. The van der Waals surface area contributed by atoms with Crippen molar-refractivity contribution >= 4 is 11.8 Å². The number of unbranched alkanes of at least 4 members (excludes halogenated alkanes) is 1. The zero-order chi connectivity index (χ0) is 17.2. The molecular weight excluding hydrogens is 296 g/mol. The average molecular weight is 322 g/mol. The summed E-state index contributed by atoms with van der Waals surface area (Å²) in [4.78, 5) is 25.2. The molecule has 0 aromatic heterocycles. The van der Waals surface area contributed by atoms with Gasteiger partial charge in [-0.15, -0.1) is 0 Å². The molecule has 1 aromatic rings. The van der Waals surface area contributed by atoms with E-state index in [0.29, 0.717) is 24.6 Å². The maximum Gasteiger partial charge on any atom is 0.239 e. The third kappa shape index (κ3) is 6.18. The minimum Gasteiger partial charge on any atom is -0.493 e.